The van der Waals surface area contributed by atoms with E-state index in [9.17, 15) is 9.59 Å². The molecule has 1 aromatic carbocycles. The van der Waals surface area contributed by atoms with Gasteiger partial charge >= 0.3 is 5.97 Å². The number of hydrogen-bond donors (Lipinski definition) is 1. The lowest BCUT2D eigenvalue weighted by atomic mass is 9.80. The summed E-state index contributed by atoms with van der Waals surface area (Å²) >= 11 is 0. The van der Waals surface area contributed by atoms with Crippen molar-refractivity contribution in [1.82, 2.24) is 4.90 Å². The fourth-order valence-corrected chi connectivity index (χ4v) is 3.49. The number of carboxylic acid groups (broad SMARTS) is 1. The first kappa shape index (κ1) is 14.1. The van der Waals surface area contributed by atoms with Gasteiger partial charge in [0.05, 0.1) is 12.0 Å². The molecule has 1 heterocycles. The molecule has 0 bridgehead atoms. The third-order valence-corrected chi connectivity index (χ3v) is 4.91. The van der Waals surface area contributed by atoms with Gasteiger partial charge in [0, 0.05) is 12.5 Å². The van der Waals surface area contributed by atoms with Crippen LogP contribution in [0.2, 0.25) is 0 Å². The van der Waals surface area contributed by atoms with E-state index in [0.29, 0.717) is 25.7 Å². The quantitative estimate of drug-likeness (QED) is 0.930. The van der Waals surface area contributed by atoms with Gasteiger partial charge in [0.2, 0.25) is 5.91 Å². The van der Waals surface area contributed by atoms with E-state index in [1.54, 1.807) is 0 Å². The molecule has 4 heteroatoms. The monoisotopic (exact) mass is 287 g/mol. The zero-order valence-corrected chi connectivity index (χ0v) is 12.1. The van der Waals surface area contributed by atoms with Gasteiger partial charge < -0.3 is 10.0 Å². The molecule has 2 aliphatic rings. The summed E-state index contributed by atoms with van der Waals surface area (Å²) in [5.74, 6) is -0.728. The van der Waals surface area contributed by atoms with Gasteiger partial charge in [-0.15, -0.1) is 0 Å². The number of amides is 1. The predicted molar refractivity (Wildman–Crippen MR) is 78.6 cm³/mol. The zero-order valence-electron chi connectivity index (χ0n) is 12.1. The molecule has 1 N–H and O–H groups in total. The highest BCUT2D eigenvalue weighted by molar-refractivity contribution is 5.80. The molecular weight excluding hydrogens is 266 g/mol. The Balaban J connectivity index is 1.60. The van der Waals surface area contributed by atoms with E-state index >= 15 is 0 Å². The SMILES string of the molecule is O=C(O)C1CCC(C(=O)N2CCC2c2ccccc2)CC1. The maximum atomic E-state index is 12.6. The van der Waals surface area contributed by atoms with E-state index in [1.165, 1.54) is 5.56 Å². The van der Waals surface area contributed by atoms with Crippen LogP contribution in [0.1, 0.15) is 43.7 Å². The first-order chi connectivity index (χ1) is 10.2. The Hall–Kier alpha value is -1.84. The normalized spacial score (nSPS) is 28.8. The summed E-state index contributed by atoms with van der Waals surface area (Å²) in [5.41, 5.74) is 1.20. The first-order valence-corrected chi connectivity index (χ1v) is 7.75. The highest BCUT2D eigenvalue weighted by Gasteiger charge is 2.38. The van der Waals surface area contributed by atoms with Crippen LogP contribution in [-0.2, 0) is 9.59 Å². The summed E-state index contributed by atoms with van der Waals surface area (Å²) in [4.78, 5) is 25.6. The molecule has 1 aromatic rings. The molecule has 4 nitrogen and oxygen atoms in total. The van der Waals surface area contributed by atoms with Crippen molar-refractivity contribution in [2.45, 2.75) is 38.1 Å². The molecule has 0 aromatic heterocycles. The summed E-state index contributed by atoms with van der Waals surface area (Å²) in [5, 5.41) is 9.03. The molecule has 3 rings (SSSR count). The minimum absolute atomic E-state index is 0.0205. The van der Waals surface area contributed by atoms with Crippen LogP contribution in [0, 0.1) is 11.8 Å². The lowest BCUT2D eigenvalue weighted by Gasteiger charge is -2.44. The molecule has 1 atom stereocenters. The molecule has 1 amide bonds. The van der Waals surface area contributed by atoms with E-state index in [4.69, 9.17) is 5.11 Å². The summed E-state index contributed by atoms with van der Waals surface area (Å²) in [7, 11) is 0. The zero-order chi connectivity index (χ0) is 14.8. The van der Waals surface area contributed by atoms with Crippen molar-refractivity contribution >= 4 is 11.9 Å². The smallest absolute Gasteiger partial charge is 0.306 e. The van der Waals surface area contributed by atoms with Crippen molar-refractivity contribution in [2.24, 2.45) is 11.8 Å². The van der Waals surface area contributed by atoms with Crippen molar-refractivity contribution in [1.29, 1.82) is 0 Å². The third-order valence-electron chi connectivity index (χ3n) is 4.91. The standard InChI is InChI=1S/C17H21NO3/c19-16(13-6-8-14(9-7-13)17(20)21)18-11-10-15(18)12-4-2-1-3-5-12/h1-5,13-15H,6-11H2,(H,20,21). The first-order valence-electron chi connectivity index (χ1n) is 7.75. The van der Waals surface area contributed by atoms with Crippen molar-refractivity contribution < 1.29 is 14.7 Å². The van der Waals surface area contributed by atoms with E-state index in [2.05, 4.69) is 12.1 Å². The topological polar surface area (TPSA) is 57.6 Å². The predicted octanol–water partition coefficient (Wildman–Crippen LogP) is 2.85. The van der Waals surface area contributed by atoms with Gasteiger partial charge in [0.25, 0.3) is 0 Å². The lowest BCUT2D eigenvalue weighted by Crippen LogP contribution is -2.48. The minimum atomic E-state index is -0.716. The minimum Gasteiger partial charge on any atom is -0.481 e. The van der Waals surface area contributed by atoms with Crippen LogP contribution >= 0.6 is 0 Å². The number of likely N-dealkylation sites (tertiary alicyclic amines) is 1. The van der Waals surface area contributed by atoms with Crippen LogP contribution in [0.25, 0.3) is 0 Å². The van der Waals surface area contributed by atoms with Gasteiger partial charge in [-0.2, -0.15) is 0 Å². The van der Waals surface area contributed by atoms with Crippen molar-refractivity contribution in [3.8, 4) is 0 Å². The fourth-order valence-electron chi connectivity index (χ4n) is 3.49. The number of carboxylic acids is 1. The van der Waals surface area contributed by atoms with Gasteiger partial charge in [-0.1, -0.05) is 30.3 Å². The average molecular weight is 287 g/mol. The molecule has 2 fully saturated rings. The van der Waals surface area contributed by atoms with Gasteiger partial charge in [-0.3, -0.25) is 9.59 Å². The van der Waals surface area contributed by atoms with E-state index < -0.39 is 5.97 Å². The van der Waals surface area contributed by atoms with Crippen LogP contribution in [0.5, 0.6) is 0 Å². The van der Waals surface area contributed by atoms with Gasteiger partial charge in [0.15, 0.2) is 0 Å². The van der Waals surface area contributed by atoms with Crippen LogP contribution in [0.15, 0.2) is 30.3 Å². The summed E-state index contributed by atoms with van der Waals surface area (Å²) in [6.45, 7) is 0.831. The Bertz CT molecular complexity index is 520. The van der Waals surface area contributed by atoms with E-state index in [1.807, 2.05) is 23.1 Å². The Labute approximate surface area is 124 Å². The molecule has 1 aliphatic heterocycles. The highest BCUT2D eigenvalue weighted by atomic mass is 16.4. The maximum Gasteiger partial charge on any atom is 0.306 e. The van der Waals surface area contributed by atoms with Crippen molar-refractivity contribution in [2.75, 3.05) is 6.54 Å². The van der Waals surface area contributed by atoms with Gasteiger partial charge in [0.1, 0.15) is 0 Å². The number of nitrogens with zero attached hydrogens (tertiary/aromatic N) is 1. The van der Waals surface area contributed by atoms with Crippen LogP contribution < -0.4 is 0 Å². The molecule has 1 aliphatic carbocycles. The Morgan fingerprint density at radius 3 is 2.10 bits per heavy atom. The number of aliphatic carboxylic acids is 1. The second-order valence-corrected chi connectivity index (χ2v) is 6.13. The summed E-state index contributed by atoms with van der Waals surface area (Å²) < 4.78 is 0. The summed E-state index contributed by atoms with van der Waals surface area (Å²) in [6.07, 6.45) is 3.73. The van der Waals surface area contributed by atoms with Crippen molar-refractivity contribution in [3.63, 3.8) is 0 Å². The molecular formula is C17H21NO3. The Morgan fingerprint density at radius 1 is 0.952 bits per heavy atom. The fraction of sp³-hybridized carbons (Fsp3) is 0.529. The Morgan fingerprint density at radius 2 is 1.57 bits per heavy atom. The number of hydrogen-bond acceptors (Lipinski definition) is 2. The van der Waals surface area contributed by atoms with Crippen molar-refractivity contribution in [3.05, 3.63) is 35.9 Å². The molecule has 0 spiro atoms. The molecule has 0 radical (unpaired) electrons. The maximum absolute atomic E-state index is 12.6. The van der Waals surface area contributed by atoms with Gasteiger partial charge in [-0.05, 0) is 37.7 Å². The van der Waals surface area contributed by atoms with Gasteiger partial charge in [-0.25, -0.2) is 0 Å². The average Bonchev–Trinajstić information content (AvgIpc) is 2.47. The summed E-state index contributed by atoms with van der Waals surface area (Å²) in [6, 6.07) is 10.4. The van der Waals surface area contributed by atoms with Crippen LogP contribution in [-0.4, -0.2) is 28.4 Å². The second kappa shape index (κ2) is 5.88. The van der Waals surface area contributed by atoms with Crippen LogP contribution in [0.3, 0.4) is 0 Å². The Kier molecular flexibility index (Phi) is 3.95. The van der Waals surface area contributed by atoms with E-state index in [-0.39, 0.29) is 23.8 Å². The molecule has 112 valence electrons. The third kappa shape index (κ3) is 2.80. The lowest BCUT2D eigenvalue weighted by molar-refractivity contribution is -0.149. The number of carbonyl (C=O) groups excluding carboxylic acids is 1. The second-order valence-electron chi connectivity index (χ2n) is 6.13. The van der Waals surface area contributed by atoms with E-state index in [0.717, 1.165) is 13.0 Å². The molecule has 21 heavy (non-hydrogen) atoms. The highest BCUT2D eigenvalue weighted by Crippen LogP contribution is 2.37. The number of benzene rings is 1. The number of rotatable bonds is 3. The number of carbonyl (C=O) groups is 2. The molecule has 1 saturated heterocycles. The molecule has 1 saturated carbocycles. The molecule has 1 unspecified atom stereocenters. The largest absolute Gasteiger partial charge is 0.481 e. The van der Waals surface area contributed by atoms with Crippen LogP contribution in [0.4, 0.5) is 0 Å².